The van der Waals surface area contributed by atoms with Crippen molar-refractivity contribution in [3.8, 4) is 5.75 Å². The topological polar surface area (TPSA) is 94.2 Å². The third-order valence-corrected chi connectivity index (χ3v) is 6.37. The molecule has 150 valence electrons. The Morgan fingerprint density at radius 2 is 1.96 bits per heavy atom. The highest BCUT2D eigenvalue weighted by Gasteiger charge is 2.41. The Kier molecular flexibility index (Phi) is 5.92. The van der Waals surface area contributed by atoms with Gasteiger partial charge in [0.15, 0.2) is 5.79 Å². The average molecular weight is 398 g/mol. The fourth-order valence-corrected chi connectivity index (χ4v) is 4.84. The van der Waals surface area contributed by atoms with Crippen molar-refractivity contribution >= 4 is 21.6 Å². The average Bonchev–Trinajstić information content (AvgIpc) is 3.09. The molecule has 3 rings (SSSR count). The number of carbonyl (C=O) groups is 1. The molecule has 1 aromatic carbocycles. The van der Waals surface area contributed by atoms with E-state index in [4.69, 9.17) is 14.2 Å². The minimum absolute atomic E-state index is 0.168. The van der Waals surface area contributed by atoms with Crippen molar-refractivity contribution < 1.29 is 27.4 Å². The lowest BCUT2D eigenvalue weighted by molar-refractivity contribution is -0.188. The number of hydrogen-bond acceptors (Lipinski definition) is 6. The van der Waals surface area contributed by atoms with E-state index >= 15 is 0 Å². The van der Waals surface area contributed by atoms with Gasteiger partial charge in [-0.1, -0.05) is 13.0 Å². The normalized spacial score (nSPS) is 20.4. The zero-order valence-corrected chi connectivity index (χ0v) is 16.5. The Balaban J connectivity index is 1.55. The molecule has 0 radical (unpaired) electrons. The Labute approximate surface area is 159 Å². The molecule has 27 heavy (non-hydrogen) atoms. The Morgan fingerprint density at radius 3 is 2.59 bits per heavy atom. The molecule has 1 N–H and O–H groups in total. The second-order valence-corrected chi connectivity index (χ2v) is 8.72. The van der Waals surface area contributed by atoms with Crippen LogP contribution < -0.4 is 9.46 Å². The van der Waals surface area contributed by atoms with Crippen LogP contribution in [-0.2, 0) is 24.3 Å². The van der Waals surface area contributed by atoms with Gasteiger partial charge in [0.05, 0.1) is 37.7 Å². The molecular formula is C18H26N2O6S. The summed E-state index contributed by atoms with van der Waals surface area (Å²) in [6.07, 6.45) is 1.22. The van der Waals surface area contributed by atoms with Crippen LogP contribution in [0.1, 0.15) is 19.8 Å². The number of sulfonamides is 1. The highest BCUT2D eigenvalue weighted by Crippen LogP contribution is 2.31. The van der Waals surface area contributed by atoms with Crippen LogP contribution in [0, 0.1) is 5.92 Å². The summed E-state index contributed by atoms with van der Waals surface area (Å²) < 4.78 is 43.8. The van der Waals surface area contributed by atoms with Gasteiger partial charge in [-0.15, -0.1) is 0 Å². The van der Waals surface area contributed by atoms with Gasteiger partial charge in [-0.2, -0.15) is 0 Å². The first-order chi connectivity index (χ1) is 12.8. The number of methoxy groups -OCH3 is 1. The molecule has 1 spiro atoms. The number of likely N-dealkylation sites (tertiary alicyclic amines) is 1. The molecule has 1 amide bonds. The molecule has 8 nitrogen and oxygen atoms in total. The fourth-order valence-electron chi connectivity index (χ4n) is 3.47. The molecule has 9 heteroatoms. The van der Waals surface area contributed by atoms with E-state index in [2.05, 4.69) is 4.72 Å². The summed E-state index contributed by atoms with van der Waals surface area (Å²) in [7, 11) is -2.15. The number of piperidine rings is 1. The molecule has 2 aliphatic rings. The highest BCUT2D eigenvalue weighted by molar-refractivity contribution is 7.92. The summed E-state index contributed by atoms with van der Waals surface area (Å²) in [4.78, 5) is 14.4. The van der Waals surface area contributed by atoms with Crippen LogP contribution in [0.25, 0.3) is 0 Å². The van der Waals surface area contributed by atoms with E-state index in [1.54, 1.807) is 36.1 Å². The molecule has 2 saturated heterocycles. The summed E-state index contributed by atoms with van der Waals surface area (Å²) in [5.41, 5.74) is 0.407. The van der Waals surface area contributed by atoms with E-state index in [0.29, 0.717) is 50.6 Å². The maximum absolute atomic E-state index is 12.7. The first-order valence-electron chi connectivity index (χ1n) is 9.04. The van der Waals surface area contributed by atoms with E-state index in [0.717, 1.165) is 0 Å². The highest BCUT2D eigenvalue weighted by atomic mass is 32.2. The molecule has 0 aliphatic carbocycles. The number of hydrogen-bond donors (Lipinski definition) is 1. The van der Waals surface area contributed by atoms with Gasteiger partial charge in [-0.3, -0.25) is 9.52 Å². The first kappa shape index (κ1) is 19.9. The lowest BCUT2D eigenvalue weighted by atomic mass is 10.0. The van der Waals surface area contributed by atoms with Crippen LogP contribution in [0.4, 0.5) is 5.69 Å². The third-order valence-electron chi connectivity index (χ3n) is 4.88. The molecule has 1 unspecified atom stereocenters. The van der Waals surface area contributed by atoms with Gasteiger partial charge in [0.1, 0.15) is 5.75 Å². The molecule has 2 aliphatic heterocycles. The third kappa shape index (κ3) is 4.91. The number of benzene rings is 1. The zero-order chi connectivity index (χ0) is 19.5. The summed E-state index contributed by atoms with van der Waals surface area (Å²) in [5.74, 6) is -1.10. The lowest BCUT2D eigenvalue weighted by Gasteiger charge is -2.38. The van der Waals surface area contributed by atoms with E-state index in [9.17, 15) is 13.2 Å². The number of ether oxygens (including phenoxy) is 3. The van der Waals surface area contributed by atoms with Gasteiger partial charge in [0, 0.05) is 32.0 Å². The molecule has 2 fully saturated rings. The second-order valence-electron chi connectivity index (χ2n) is 6.95. The van der Waals surface area contributed by atoms with Gasteiger partial charge in [-0.25, -0.2) is 8.42 Å². The van der Waals surface area contributed by atoms with Crippen LogP contribution >= 0.6 is 0 Å². The molecule has 0 saturated carbocycles. The van der Waals surface area contributed by atoms with Gasteiger partial charge in [0.25, 0.3) is 0 Å². The fraction of sp³-hybridized carbons (Fsp3) is 0.611. The van der Waals surface area contributed by atoms with Crippen molar-refractivity contribution in [1.82, 2.24) is 4.90 Å². The van der Waals surface area contributed by atoms with Crippen LogP contribution in [-0.4, -0.2) is 64.2 Å². The minimum atomic E-state index is -3.67. The standard InChI is InChI=1S/C18H26N2O6S/c1-14(13-27(22,23)19-15-4-3-5-16(12-15)24-2)17(21)20-8-6-18(7-9-20)25-10-11-26-18/h3-5,12,14,19H,6-11,13H2,1-2H3. The maximum Gasteiger partial charge on any atom is 0.233 e. The van der Waals surface area contributed by atoms with E-state index in [-0.39, 0.29) is 11.7 Å². The summed E-state index contributed by atoms with van der Waals surface area (Å²) in [6, 6.07) is 6.65. The summed E-state index contributed by atoms with van der Waals surface area (Å²) >= 11 is 0. The number of carbonyl (C=O) groups excluding carboxylic acids is 1. The molecule has 0 aromatic heterocycles. The smallest absolute Gasteiger partial charge is 0.233 e. The van der Waals surface area contributed by atoms with Gasteiger partial charge < -0.3 is 19.1 Å². The van der Waals surface area contributed by atoms with Crippen molar-refractivity contribution in [1.29, 1.82) is 0 Å². The SMILES string of the molecule is COc1cccc(NS(=O)(=O)CC(C)C(=O)N2CCC3(CC2)OCCO3)c1. The van der Waals surface area contributed by atoms with Gasteiger partial charge >= 0.3 is 0 Å². The molecule has 1 atom stereocenters. The van der Waals surface area contributed by atoms with Gasteiger partial charge in [0.2, 0.25) is 15.9 Å². The quantitative estimate of drug-likeness (QED) is 0.779. The predicted molar refractivity (Wildman–Crippen MR) is 100 cm³/mol. The van der Waals surface area contributed by atoms with Gasteiger partial charge in [-0.05, 0) is 12.1 Å². The minimum Gasteiger partial charge on any atom is -0.497 e. The first-order valence-corrected chi connectivity index (χ1v) is 10.7. The van der Waals surface area contributed by atoms with Crippen molar-refractivity contribution in [2.75, 3.05) is 43.9 Å². The lowest BCUT2D eigenvalue weighted by Crippen LogP contribution is -2.49. The number of rotatable bonds is 6. The molecule has 2 heterocycles. The van der Waals surface area contributed by atoms with Crippen LogP contribution in [0.3, 0.4) is 0 Å². The Hall–Kier alpha value is -1.84. The Morgan fingerprint density at radius 1 is 1.30 bits per heavy atom. The number of nitrogens with one attached hydrogen (secondary N) is 1. The summed E-state index contributed by atoms with van der Waals surface area (Å²) in [5, 5.41) is 0. The van der Waals surface area contributed by atoms with Crippen molar-refractivity contribution in [3.63, 3.8) is 0 Å². The molecule has 0 bridgehead atoms. The number of nitrogens with zero attached hydrogens (tertiary/aromatic N) is 1. The maximum atomic E-state index is 12.7. The largest absolute Gasteiger partial charge is 0.497 e. The molecular weight excluding hydrogens is 372 g/mol. The van der Waals surface area contributed by atoms with Crippen molar-refractivity contribution in [2.45, 2.75) is 25.6 Å². The molecule has 1 aromatic rings. The summed E-state index contributed by atoms with van der Waals surface area (Å²) in [6.45, 7) is 3.82. The van der Waals surface area contributed by atoms with E-state index in [1.807, 2.05) is 0 Å². The van der Waals surface area contributed by atoms with E-state index < -0.39 is 21.7 Å². The van der Waals surface area contributed by atoms with Crippen LogP contribution in [0.2, 0.25) is 0 Å². The number of anilines is 1. The second kappa shape index (κ2) is 8.04. The zero-order valence-electron chi connectivity index (χ0n) is 15.6. The monoisotopic (exact) mass is 398 g/mol. The van der Waals surface area contributed by atoms with Crippen LogP contribution in [0.5, 0.6) is 5.75 Å². The van der Waals surface area contributed by atoms with E-state index in [1.165, 1.54) is 7.11 Å². The number of amides is 1. The van der Waals surface area contributed by atoms with Crippen molar-refractivity contribution in [2.24, 2.45) is 5.92 Å². The Bertz CT molecular complexity index is 766. The van der Waals surface area contributed by atoms with Crippen LogP contribution in [0.15, 0.2) is 24.3 Å². The van der Waals surface area contributed by atoms with Crippen molar-refractivity contribution in [3.05, 3.63) is 24.3 Å². The predicted octanol–water partition coefficient (Wildman–Crippen LogP) is 1.44.